The molecule has 0 aromatic rings. The zero-order chi connectivity index (χ0) is 7.84. The van der Waals surface area contributed by atoms with Crippen LogP contribution in [0.5, 0.6) is 0 Å². The molecule has 0 radical (unpaired) electrons. The second-order valence-corrected chi connectivity index (χ2v) is 3.39. The molecule has 3 atom stereocenters. The molecule has 1 heterocycles. The highest BCUT2D eigenvalue weighted by atomic mass is 16.3. The molecule has 0 bridgehead atoms. The minimum absolute atomic E-state index is 0.247. The van der Waals surface area contributed by atoms with Crippen LogP contribution >= 0.6 is 0 Å². The van der Waals surface area contributed by atoms with Crippen molar-refractivity contribution in [2.75, 3.05) is 0 Å². The van der Waals surface area contributed by atoms with Crippen LogP contribution in [0.1, 0.15) is 25.7 Å². The Morgan fingerprint density at radius 2 is 2.09 bits per heavy atom. The van der Waals surface area contributed by atoms with Crippen molar-refractivity contribution in [3.05, 3.63) is 4.91 Å². The van der Waals surface area contributed by atoms with E-state index >= 15 is 0 Å². The monoisotopic (exact) mass is 156 g/mol. The summed E-state index contributed by atoms with van der Waals surface area (Å²) in [5, 5.41) is 13.4. The van der Waals surface area contributed by atoms with Gasteiger partial charge in [-0.1, -0.05) is 12.8 Å². The van der Waals surface area contributed by atoms with E-state index in [2.05, 4.69) is 5.29 Å². The molecule has 11 heavy (non-hydrogen) atoms. The molecule has 1 N–H and O–H groups in total. The number of hydrogen-bond donors (Lipinski definition) is 1. The van der Waals surface area contributed by atoms with Gasteiger partial charge in [0.2, 0.25) is 0 Å². The molecule has 0 amide bonds. The van der Waals surface area contributed by atoms with Gasteiger partial charge in [-0.25, -0.2) is 5.01 Å². The van der Waals surface area contributed by atoms with E-state index in [1.54, 1.807) is 0 Å². The third-order valence-electron chi connectivity index (χ3n) is 2.87. The second-order valence-electron chi connectivity index (χ2n) is 3.39. The lowest BCUT2D eigenvalue weighted by atomic mass is 9.76. The molecule has 2 rings (SSSR count). The van der Waals surface area contributed by atoms with Crippen LogP contribution in [0.3, 0.4) is 0 Å². The van der Waals surface area contributed by atoms with Crippen molar-refractivity contribution >= 4 is 0 Å². The van der Waals surface area contributed by atoms with E-state index in [-0.39, 0.29) is 6.04 Å². The number of fused-ring (bicyclic) bond motifs is 1. The van der Waals surface area contributed by atoms with Crippen LogP contribution in [0.4, 0.5) is 0 Å². The zero-order valence-electron chi connectivity index (χ0n) is 6.31. The van der Waals surface area contributed by atoms with Gasteiger partial charge >= 0.3 is 0 Å². The van der Waals surface area contributed by atoms with Gasteiger partial charge in [-0.2, -0.15) is 0 Å². The summed E-state index contributed by atoms with van der Waals surface area (Å²) in [4.78, 5) is 10.2. The summed E-state index contributed by atoms with van der Waals surface area (Å²) in [6.07, 6.45) is 3.84. The van der Waals surface area contributed by atoms with E-state index < -0.39 is 6.23 Å². The summed E-state index contributed by atoms with van der Waals surface area (Å²) < 4.78 is 0. The quantitative estimate of drug-likeness (QED) is 0.573. The van der Waals surface area contributed by atoms with Crippen molar-refractivity contribution in [3.63, 3.8) is 0 Å². The fraction of sp³-hybridized carbons (Fsp3) is 1.00. The molecule has 1 aliphatic heterocycles. The first kappa shape index (κ1) is 7.03. The molecule has 1 aliphatic carbocycles. The molecule has 1 saturated heterocycles. The molecule has 0 spiro atoms. The Morgan fingerprint density at radius 1 is 1.36 bits per heavy atom. The number of rotatable bonds is 1. The van der Waals surface area contributed by atoms with Gasteiger partial charge in [0.05, 0.1) is 11.3 Å². The van der Waals surface area contributed by atoms with Gasteiger partial charge in [0.1, 0.15) is 0 Å². The summed E-state index contributed by atoms with van der Waals surface area (Å²) in [6.45, 7) is 0. The maximum Gasteiger partial charge on any atom is 0.150 e. The molecule has 4 nitrogen and oxygen atoms in total. The van der Waals surface area contributed by atoms with Gasteiger partial charge in [-0.05, 0) is 12.8 Å². The van der Waals surface area contributed by atoms with Crippen molar-refractivity contribution in [3.8, 4) is 0 Å². The number of nitrogens with zero attached hydrogens (tertiary/aromatic N) is 2. The van der Waals surface area contributed by atoms with Gasteiger partial charge in [-0.15, -0.1) is 4.91 Å². The van der Waals surface area contributed by atoms with E-state index in [0.29, 0.717) is 5.92 Å². The molecule has 0 aromatic carbocycles. The summed E-state index contributed by atoms with van der Waals surface area (Å²) in [5.41, 5.74) is 0. The Labute approximate surface area is 65.1 Å². The Hall–Kier alpha value is -0.640. The van der Waals surface area contributed by atoms with Crippen molar-refractivity contribution in [2.24, 2.45) is 11.2 Å². The molecule has 2 fully saturated rings. The van der Waals surface area contributed by atoms with Gasteiger partial charge in [0.15, 0.2) is 6.23 Å². The van der Waals surface area contributed by atoms with E-state index in [9.17, 15) is 10.0 Å². The topological polar surface area (TPSA) is 52.9 Å². The minimum Gasteiger partial charge on any atom is -0.372 e. The number of nitroso groups, excluding NO2 is 1. The third-order valence-corrected chi connectivity index (χ3v) is 2.87. The van der Waals surface area contributed by atoms with E-state index in [1.165, 1.54) is 17.9 Å². The largest absolute Gasteiger partial charge is 0.372 e. The smallest absolute Gasteiger partial charge is 0.150 e. The molecular weight excluding hydrogens is 144 g/mol. The van der Waals surface area contributed by atoms with E-state index in [0.717, 1.165) is 12.8 Å². The summed E-state index contributed by atoms with van der Waals surface area (Å²) in [7, 11) is 0. The van der Waals surface area contributed by atoms with Crippen molar-refractivity contribution < 1.29 is 5.11 Å². The second kappa shape index (κ2) is 2.44. The maximum absolute atomic E-state index is 10.2. The van der Waals surface area contributed by atoms with Crippen LogP contribution in [0.2, 0.25) is 0 Å². The van der Waals surface area contributed by atoms with Crippen molar-refractivity contribution in [1.82, 2.24) is 5.01 Å². The van der Waals surface area contributed by atoms with Crippen LogP contribution in [-0.4, -0.2) is 22.4 Å². The van der Waals surface area contributed by atoms with E-state index in [1.807, 2.05) is 0 Å². The molecule has 1 saturated carbocycles. The third kappa shape index (κ3) is 0.854. The average molecular weight is 156 g/mol. The SMILES string of the molecule is O=NN1C(O)C2CCCCC21. The zero-order valence-corrected chi connectivity index (χ0v) is 6.31. The van der Waals surface area contributed by atoms with Crippen molar-refractivity contribution in [2.45, 2.75) is 38.0 Å². The fourth-order valence-corrected chi connectivity index (χ4v) is 2.22. The van der Waals surface area contributed by atoms with Crippen LogP contribution in [-0.2, 0) is 0 Å². The summed E-state index contributed by atoms with van der Waals surface area (Å²) in [5.74, 6) is 0.321. The summed E-state index contributed by atoms with van der Waals surface area (Å²) in [6, 6.07) is 0.247. The Bertz CT molecular complexity index is 174. The number of aliphatic hydroxyl groups is 1. The van der Waals surface area contributed by atoms with Crippen LogP contribution in [0.25, 0.3) is 0 Å². The van der Waals surface area contributed by atoms with Gasteiger partial charge < -0.3 is 5.11 Å². The first-order valence-electron chi connectivity index (χ1n) is 4.14. The predicted molar refractivity (Wildman–Crippen MR) is 39.4 cm³/mol. The van der Waals surface area contributed by atoms with Crippen LogP contribution in [0, 0.1) is 10.8 Å². The molecule has 2 aliphatic rings. The Morgan fingerprint density at radius 3 is 2.82 bits per heavy atom. The van der Waals surface area contributed by atoms with Gasteiger partial charge in [0.25, 0.3) is 0 Å². The highest BCUT2D eigenvalue weighted by molar-refractivity contribution is 4.95. The standard InChI is InChI=1S/C7H12N2O2/c10-7-5-3-1-2-4-6(5)9(7)8-11/h5-7,10H,1-4H2. The van der Waals surface area contributed by atoms with E-state index in [4.69, 9.17) is 0 Å². The molecule has 62 valence electrons. The Balaban J connectivity index is 2.02. The first-order valence-corrected chi connectivity index (χ1v) is 4.14. The number of aliphatic hydroxyl groups excluding tert-OH is 1. The molecule has 0 aromatic heterocycles. The van der Waals surface area contributed by atoms with Crippen LogP contribution < -0.4 is 0 Å². The lowest BCUT2D eigenvalue weighted by molar-refractivity contribution is -0.189. The molecule has 4 heteroatoms. The molecular formula is C7H12N2O2. The minimum atomic E-state index is -0.585. The van der Waals surface area contributed by atoms with Crippen LogP contribution in [0.15, 0.2) is 5.29 Å². The highest BCUT2D eigenvalue weighted by Crippen LogP contribution is 2.41. The lowest BCUT2D eigenvalue weighted by Crippen LogP contribution is -2.62. The fourth-order valence-electron chi connectivity index (χ4n) is 2.22. The van der Waals surface area contributed by atoms with Gasteiger partial charge in [0, 0.05) is 5.92 Å². The highest BCUT2D eigenvalue weighted by Gasteiger charge is 2.48. The molecule has 3 unspecified atom stereocenters. The average Bonchev–Trinajstić information content (AvgIpc) is 2.05. The van der Waals surface area contributed by atoms with Crippen molar-refractivity contribution in [1.29, 1.82) is 0 Å². The number of hydrogen-bond acceptors (Lipinski definition) is 3. The lowest BCUT2D eigenvalue weighted by Gasteiger charge is -2.51. The normalized spacial score (nSPS) is 42.6. The predicted octanol–water partition coefficient (Wildman–Crippen LogP) is 0.861. The summed E-state index contributed by atoms with van der Waals surface area (Å²) >= 11 is 0. The Kier molecular flexibility index (Phi) is 1.56. The first-order chi connectivity index (χ1) is 5.34. The van der Waals surface area contributed by atoms with Gasteiger partial charge in [-0.3, -0.25) is 0 Å². The maximum atomic E-state index is 10.2.